The van der Waals surface area contributed by atoms with Crippen LogP contribution >= 0.6 is 0 Å². The molecule has 0 amide bonds. The Labute approximate surface area is 163 Å². The van der Waals surface area contributed by atoms with Crippen LogP contribution < -0.4 is 4.90 Å². The normalized spacial score (nSPS) is 14.3. The van der Waals surface area contributed by atoms with Crippen LogP contribution in [0, 0.1) is 11.3 Å². The van der Waals surface area contributed by atoms with Gasteiger partial charge < -0.3 is 15.1 Å². The highest BCUT2D eigenvalue weighted by Gasteiger charge is 2.16. The van der Waals surface area contributed by atoms with Gasteiger partial charge in [0, 0.05) is 57.0 Å². The lowest BCUT2D eigenvalue weighted by Gasteiger charge is -2.35. The Kier molecular flexibility index (Phi) is 8.00. The molecule has 0 bridgehead atoms. The van der Waals surface area contributed by atoms with Crippen molar-refractivity contribution in [1.82, 2.24) is 4.90 Å². The lowest BCUT2D eigenvalue weighted by Crippen LogP contribution is -2.46. The summed E-state index contributed by atoms with van der Waals surface area (Å²) in [5.41, 5.74) is 1.31. The SMILES string of the molecule is N#CCCN1CCN(c2ccc3ccccc3c2)CC1.O=C(O)/C=C\C(=O)O. The Morgan fingerprint density at radius 1 is 0.964 bits per heavy atom. The average Bonchev–Trinajstić information content (AvgIpc) is 2.71. The van der Waals surface area contributed by atoms with Crippen molar-refractivity contribution in [2.24, 2.45) is 0 Å². The summed E-state index contributed by atoms with van der Waals surface area (Å²) in [6, 6.07) is 17.4. The molecule has 1 aliphatic rings. The van der Waals surface area contributed by atoms with Crippen LogP contribution in [0.5, 0.6) is 0 Å². The maximum absolute atomic E-state index is 9.55. The zero-order valence-corrected chi connectivity index (χ0v) is 15.5. The van der Waals surface area contributed by atoms with Gasteiger partial charge in [0.2, 0.25) is 0 Å². The average molecular weight is 381 g/mol. The number of hydrogen-bond acceptors (Lipinski definition) is 5. The summed E-state index contributed by atoms with van der Waals surface area (Å²) in [5, 5.41) is 26.9. The van der Waals surface area contributed by atoms with E-state index in [2.05, 4.69) is 58.3 Å². The van der Waals surface area contributed by atoms with Gasteiger partial charge in [-0.1, -0.05) is 30.3 Å². The number of anilines is 1. The van der Waals surface area contributed by atoms with Gasteiger partial charge in [-0.15, -0.1) is 0 Å². The highest BCUT2D eigenvalue weighted by atomic mass is 16.4. The fourth-order valence-corrected chi connectivity index (χ4v) is 2.95. The third-order valence-electron chi connectivity index (χ3n) is 4.38. The molecule has 2 N–H and O–H groups in total. The van der Waals surface area contributed by atoms with E-state index in [0.717, 1.165) is 32.7 Å². The second-order valence-corrected chi connectivity index (χ2v) is 6.28. The minimum absolute atomic E-state index is 0.558. The summed E-state index contributed by atoms with van der Waals surface area (Å²) < 4.78 is 0. The standard InChI is InChI=1S/C17H19N3.C4H4O4/c18-8-3-9-19-10-12-20(13-11-19)17-7-6-15-4-1-2-5-16(15)14-17;5-3(6)1-2-4(7)8/h1-2,4-7,14H,3,9-13H2;1-2H,(H,5,6)(H,7,8)/b;2-1-. The zero-order valence-electron chi connectivity index (χ0n) is 15.5. The Hall–Kier alpha value is -3.37. The molecule has 3 rings (SSSR count). The van der Waals surface area contributed by atoms with Gasteiger partial charge in [0.25, 0.3) is 0 Å². The number of carboxylic acid groups (broad SMARTS) is 2. The van der Waals surface area contributed by atoms with E-state index in [4.69, 9.17) is 15.5 Å². The fraction of sp³-hybridized carbons (Fsp3) is 0.286. The Balaban J connectivity index is 0.000000300. The van der Waals surface area contributed by atoms with E-state index in [1.54, 1.807) is 0 Å². The molecule has 1 aliphatic heterocycles. The number of fused-ring (bicyclic) bond motifs is 1. The second-order valence-electron chi connectivity index (χ2n) is 6.28. The maximum atomic E-state index is 9.55. The molecule has 0 atom stereocenters. The van der Waals surface area contributed by atoms with E-state index in [1.165, 1.54) is 16.5 Å². The van der Waals surface area contributed by atoms with Crippen molar-refractivity contribution >= 4 is 28.4 Å². The van der Waals surface area contributed by atoms with Gasteiger partial charge in [-0.25, -0.2) is 9.59 Å². The van der Waals surface area contributed by atoms with E-state index in [-0.39, 0.29) is 0 Å². The highest BCUT2D eigenvalue weighted by molar-refractivity contribution is 5.89. The van der Waals surface area contributed by atoms with Crippen molar-refractivity contribution in [2.75, 3.05) is 37.6 Å². The maximum Gasteiger partial charge on any atom is 0.328 e. The van der Waals surface area contributed by atoms with Crippen molar-refractivity contribution in [3.63, 3.8) is 0 Å². The molecule has 28 heavy (non-hydrogen) atoms. The van der Waals surface area contributed by atoms with Crippen LogP contribution in [0.4, 0.5) is 5.69 Å². The number of nitrogens with zero attached hydrogens (tertiary/aromatic N) is 3. The number of carboxylic acids is 2. The first-order valence-corrected chi connectivity index (χ1v) is 8.96. The van der Waals surface area contributed by atoms with Crippen molar-refractivity contribution in [3.8, 4) is 6.07 Å². The monoisotopic (exact) mass is 381 g/mol. The van der Waals surface area contributed by atoms with E-state index >= 15 is 0 Å². The third-order valence-corrected chi connectivity index (χ3v) is 4.38. The van der Waals surface area contributed by atoms with Gasteiger partial charge in [-0.3, -0.25) is 4.90 Å². The molecule has 7 heteroatoms. The van der Waals surface area contributed by atoms with Gasteiger partial charge >= 0.3 is 11.9 Å². The molecule has 1 saturated heterocycles. The smallest absolute Gasteiger partial charge is 0.328 e. The highest BCUT2D eigenvalue weighted by Crippen LogP contribution is 2.23. The number of hydrogen-bond donors (Lipinski definition) is 2. The first-order chi connectivity index (χ1) is 13.5. The molecule has 1 heterocycles. The molecule has 1 fully saturated rings. The molecule has 2 aromatic carbocycles. The van der Waals surface area contributed by atoms with Gasteiger partial charge in [0.1, 0.15) is 0 Å². The first kappa shape index (κ1) is 20.9. The first-order valence-electron chi connectivity index (χ1n) is 8.96. The van der Waals surface area contributed by atoms with E-state index in [0.29, 0.717) is 18.6 Å². The summed E-state index contributed by atoms with van der Waals surface area (Å²) in [5.74, 6) is -2.51. The predicted molar refractivity (Wildman–Crippen MR) is 107 cm³/mol. The Morgan fingerprint density at radius 2 is 1.57 bits per heavy atom. The lowest BCUT2D eigenvalue weighted by molar-refractivity contribution is -0.134. The van der Waals surface area contributed by atoms with Crippen LogP contribution in [0.15, 0.2) is 54.6 Å². The Bertz CT molecular complexity index is 865. The number of carbonyl (C=O) groups is 2. The molecule has 0 aliphatic carbocycles. The minimum Gasteiger partial charge on any atom is -0.478 e. The number of nitriles is 1. The van der Waals surface area contributed by atoms with Gasteiger partial charge in [-0.05, 0) is 22.9 Å². The summed E-state index contributed by atoms with van der Waals surface area (Å²) in [6.45, 7) is 5.10. The number of piperazine rings is 1. The molecule has 0 unspecified atom stereocenters. The van der Waals surface area contributed by atoms with Crippen LogP contribution in [0.2, 0.25) is 0 Å². The molecule has 7 nitrogen and oxygen atoms in total. The second kappa shape index (κ2) is 10.7. The van der Waals surface area contributed by atoms with Crippen molar-refractivity contribution in [3.05, 3.63) is 54.6 Å². The van der Waals surface area contributed by atoms with Crippen molar-refractivity contribution < 1.29 is 19.8 Å². The van der Waals surface area contributed by atoms with E-state index < -0.39 is 11.9 Å². The fourth-order valence-electron chi connectivity index (χ4n) is 2.95. The number of rotatable bonds is 5. The van der Waals surface area contributed by atoms with Crippen LogP contribution in [0.1, 0.15) is 6.42 Å². The van der Waals surface area contributed by atoms with Crippen LogP contribution in [0.25, 0.3) is 10.8 Å². The predicted octanol–water partition coefficient (Wildman–Crippen LogP) is 2.59. The van der Waals surface area contributed by atoms with E-state index in [9.17, 15) is 9.59 Å². The minimum atomic E-state index is -1.26. The lowest BCUT2D eigenvalue weighted by atomic mass is 10.1. The van der Waals surface area contributed by atoms with Gasteiger partial charge in [-0.2, -0.15) is 5.26 Å². The number of aliphatic carboxylic acids is 2. The van der Waals surface area contributed by atoms with Crippen LogP contribution in [-0.2, 0) is 9.59 Å². The number of benzene rings is 2. The van der Waals surface area contributed by atoms with Gasteiger partial charge in [0.15, 0.2) is 0 Å². The largest absolute Gasteiger partial charge is 0.478 e. The Morgan fingerprint density at radius 3 is 2.14 bits per heavy atom. The summed E-state index contributed by atoms with van der Waals surface area (Å²) in [7, 11) is 0. The zero-order chi connectivity index (χ0) is 20.4. The molecular weight excluding hydrogens is 358 g/mol. The van der Waals surface area contributed by atoms with Crippen molar-refractivity contribution in [2.45, 2.75) is 6.42 Å². The molecule has 0 spiro atoms. The summed E-state index contributed by atoms with van der Waals surface area (Å²) in [4.78, 5) is 23.9. The molecule has 146 valence electrons. The quantitative estimate of drug-likeness (QED) is 0.767. The van der Waals surface area contributed by atoms with E-state index in [1.807, 2.05) is 0 Å². The summed E-state index contributed by atoms with van der Waals surface area (Å²) >= 11 is 0. The van der Waals surface area contributed by atoms with Crippen molar-refractivity contribution in [1.29, 1.82) is 5.26 Å². The van der Waals surface area contributed by atoms with Gasteiger partial charge in [0.05, 0.1) is 6.07 Å². The van der Waals surface area contributed by atoms with Crippen LogP contribution in [-0.4, -0.2) is 59.8 Å². The van der Waals surface area contributed by atoms with Crippen LogP contribution in [0.3, 0.4) is 0 Å². The topological polar surface area (TPSA) is 105 Å². The third kappa shape index (κ3) is 6.74. The molecular formula is C21H23N3O4. The molecule has 0 aromatic heterocycles. The molecule has 0 saturated carbocycles. The summed E-state index contributed by atoms with van der Waals surface area (Å²) in [6.07, 6.45) is 1.75. The molecule has 0 radical (unpaired) electrons. The molecule has 2 aromatic rings.